The van der Waals surface area contributed by atoms with E-state index in [1.165, 1.54) is 0 Å². The Kier molecular flexibility index (Phi) is 6.59. The number of fused-ring (bicyclic) bond motifs is 2. The minimum atomic E-state index is -1.61. The van der Waals surface area contributed by atoms with Crippen LogP contribution < -0.4 is 0 Å². The molecule has 0 aliphatic heterocycles. The summed E-state index contributed by atoms with van der Waals surface area (Å²) in [5, 5.41) is 40.1. The van der Waals surface area contributed by atoms with Crippen LogP contribution in [0.2, 0.25) is 0 Å². The zero-order valence-electron chi connectivity index (χ0n) is 20.9. The van der Waals surface area contributed by atoms with E-state index in [1.807, 2.05) is 6.07 Å². The monoisotopic (exact) mass is 583 g/mol. The molecule has 0 bridgehead atoms. The average Bonchev–Trinajstić information content (AvgIpc) is 3.49. The fourth-order valence-electron chi connectivity index (χ4n) is 4.76. The molecule has 13 nitrogen and oxygen atoms in total. The van der Waals surface area contributed by atoms with Gasteiger partial charge in [-0.3, -0.25) is 0 Å². The van der Waals surface area contributed by atoms with Crippen LogP contribution in [0.4, 0.5) is 17.6 Å². The van der Waals surface area contributed by atoms with Crippen LogP contribution in [-0.4, -0.2) is 29.9 Å². The SMILES string of the molecule is [C-]#[N+]C1=C(c2nc(F)nc(F)n2)/C(=C(/C#N)[N+]#[C-])c2cc3c(c(C#N)c21)/C(=C(/C#N)[N+]#[C-])C(c1nc(F)nc(F)n1)=C3C#N. The molecule has 0 fully saturated rings. The molecule has 0 saturated carbocycles. The Labute approximate surface area is 242 Å². The van der Waals surface area contributed by atoms with Gasteiger partial charge in [0.2, 0.25) is 5.70 Å². The third kappa shape index (κ3) is 3.95. The largest absolute Gasteiger partial charge is 0.314 e. The highest BCUT2D eigenvalue weighted by Crippen LogP contribution is 2.56. The van der Waals surface area contributed by atoms with Crippen LogP contribution in [0, 0.1) is 89.4 Å². The molecule has 0 amide bonds. The number of hydrogen-bond acceptors (Lipinski definition) is 10. The van der Waals surface area contributed by atoms with Crippen LogP contribution in [-0.2, 0) is 0 Å². The molecule has 2 aromatic heterocycles. The number of hydrogen-bond donors (Lipinski definition) is 0. The number of aromatic nitrogens is 6. The molecular weight excluding hydrogens is 582 g/mol. The van der Waals surface area contributed by atoms with Crippen molar-refractivity contribution in [1.29, 1.82) is 21.0 Å². The van der Waals surface area contributed by atoms with Gasteiger partial charge in [-0.1, -0.05) is 0 Å². The lowest BCUT2D eigenvalue weighted by Crippen LogP contribution is -2.05. The quantitative estimate of drug-likeness (QED) is 0.242. The van der Waals surface area contributed by atoms with E-state index in [-0.39, 0.29) is 22.3 Å². The zero-order valence-corrected chi connectivity index (χ0v) is 20.9. The van der Waals surface area contributed by atoms with Crippen molar-refractivity contribution in [2.45, 2.75) is 0 Å². The van der Waals surface area contributed by atoms with E-state index in [9.17, 15) is 38.6 Å². The average molecular weight is 583 g/mol. The van der Waals surface area contributed by atoms with E-state index >= 15 is 0 Å². The lowest BCUT2D eigenvalue weighted by atomic mass is 9.88. The van der Waals surface area contributed by atoms with Gasteiger partial charge in [-0.15, -0.1) is 0 Å². The highest BCUT2D eigenvalue weighted by Gasteiger charge is 2.41. The predicted octanol–water partition coefficient (Wildman–Crippen LogP) is 4.04. The van der Waals surface area contributed by atoms with Crippen LogP contribution in [0.5, 0.6) is 0 Å². The Hall–Kier alpha value is -7.65. The van der Waals surface area contributed by atoms with Gasteiger partial charge in [-0.25, -0.2) is 25.1 Å². The molecule has 17 heteroatoms. The maximum absolute atomic E-state index is 14.1. The first-order valence-electron chi connectivity index (χ1n) is 11.3. The summed E-state index contributed by atoms with van der Waals surface area (Å²) in [5.74, 6) is -1.62. The lowest BCUT2D eigenvalue weighted by Gasteiger charge is -2.14. The van der Waals surface area contributed by atoms with E-state index in [2.05, 4.69) is 44.4 Å². The predicted molar refractivity (Wildman–Crippen MR) is 135 cm³/mol. The van der Waals surface area contributed by atoms with Crippen molar-refractivity contribution in [3.63, 3.8) is 0 Å². The van der Waals surface area contributed by atoms with Crippen molar-refractivity contribution in [2.75, 3.05) is 0 Å². The molecule has 0 atom stereocenters. The number of halogens is 4. The topological polar surface area (TPSA) is 186 Å². The highest BCUT2D eigenvalue weighted by molar-refractivity contribution is 6.29. The molecule has 0 spiro atoms. The van der Waals surface area contributed by atoms with Crippen LogP contribution >= 0.6 is 0 Å². The normalized spacial score (nSPS) is 15.0. The minimum absolute atomic E-state index is 0.238. The fourth-order valence-corrected chi connectivity index (χ4v) is 4.76. The third-order valence-electron chi connectivity index (χ3n) is 6.19. The second-order valence-corrected chi connectivity index (χ2v) is 8.19. The molecule has 1 aromatic carbocycles. The second kappa shape index (κ2) is 10.4. The highest BCUT2D eigenvalue weighted by atomic mass is 19.2. The lowest BCUT2D eigenvalue weighted by molar-refractivity contribution is 0.451. The molecule has 2 aliphatic rings. The number of nitrogens with zero attached hydrogens (tertiary/aromatic N) is 13. The van der Waals surface area contributed by atoms with Gasteiger partial charge < -0.3 is 0 Å². The van der Waals surface area contributed by atoms with Gasteiger partial charge in [-0.2, -0.15) is 58.0 Å². The van der Waals surface area contributed by atoms with Crippen molar-refractivity contribution in [1.82, 2.24) is 29.9 Å². The first-order valence-corrected chi connectivity index (χ1v) is 11.3. The molecule has 202 valence electrons. The maximum Gasteiger partial charge on any atom is 0.314 e. The number of rotatable bonds is 2. The first kappa shape index (κ1) is 27.9. The standard InChI is InChI=1S/C27HF4N13/c1-36-13(7-34)17-10-4-9-11(5-32)18(22-39-24(28)43-25(29)40-22)19(14(8-35)37-2)15(9)12(6-33)16(10)21(38-3)20(17)23-41-26(30)44-27(31)42-23/h4H/b17-13-,19-14+. The summed E-state index contributed by atoms with van der Waals surface area (Å²) in [4.78, 5) is 28.8. The molecule has 0 unspecified atom stereocenters. The molecule has 5 rings (SSSR count). The Morgan fingerprint density at radius 2 is 1.14 bits per heavy atom. The van der Waals surface area contributed by atoms with Crippen molar-refractivity contribution in [3.05, 3.63) is 115 Å². The van der Waals surface area contributed by atoms with E-state index in [0.29, 0.717) is 0 Å². The van der Waals surface area contributed by atoms with E-state index in [0.717, 1.165) is 6.07 Å². The minimum Gasteiger partial charge on any atom is -0.237 e. The van der Waals surface area contributed by atoms with E-state index < -0.39 is 86.5 Å². The van der Waals surface area contributed by atoms with Gasteiger partial charge in [0.1, 0.15) is 6.07 Å². The number of benzene rings is 1. The zero-order chi connectivity index (χ0) is 31.9. The summed E-state index contributed by atoms with van der Waals surface area (Å²) in [6, 6.07) is 7.86. The van der Waals surface area contributed by atoms with Gasteiger partial charge in [0.25, 0.3) is 11.4 Å². The van der Waals surface area contributed by atoms with Crippen LogP contribution in [0.1, 0.15) is 39.5 Å². The summed E-state index contributed by atoms with van der Waals surface area (Å²) in [7, 11) is 0. The third-order valence-corrected chi connectivity index (χ3v) is 6.19. The molecule has 0 saturated heterocycles. The van der Waals surface area contributed by atoms with Crippen molar-refractivity contribution in [2.24, 2.45) is 0 Å². The molecule has 2 aliphatic carbocycles. The Balaban J connectivity index is 2.04. The Morgan fingerprint density at radius 1 is 0.636 bits per heavy atom. The van der Waals surface area contributed by atoms with Gasteiger partial charge in [0.15, 0.2) is 11.6 Å². The Bertz CT molecular complexity index is 2280. The summed E-state index contributed by atoms with van der Waals surface area (Å²) in [6.45, 7) is 22.9. The van der Waals surface area contributed by atoms with Crippen LogP contribution in [0.25, 0.3) is 48.1 Å². The van der Waals surface area contributed by atoms with Gasteiger partial charge in [0.05, 0.1) is 49.1 Å². The Morgan fingerprint density at radius 3 is 1.57 bits per heavy atom. The van der Waals surface area contributed by atoms with Gasteiger partial charge >= 0.3 is 24.3 Å². The summed E-state index contributed by atoms with van der Waals surface area (Å²) in [5.41, 5.74) is -6.22. The van der Waals surface area contributed by atoms with E-state index in [1.54, 1.807) is 18.2 Å². The molecule has 0 radical (unpaired) electrons. The molecular formula is C27HF4N13. The number of nitriles is 4. The van der Waals surface area contributed by atoms with Gasteiger partial charge in [0, 0.05) is 27.8 Å². The summed E-state index contributed by atoms with van der Waals surface area (Å²) >= 11 is 0. The van der Waals surface area contributed by atoms with Crippen molar-refractivity contribution < 1.29 is 17.6 Å². The van der Waals surface area contributed by atoms with Crippen molar-refractivity contribution in [3.8, 4) is 24.3 Å². The number of allylic oxidation sites excluding steroid dienone is 7. The van der Waals surface area contributed by atoms with E-state index in [4.69, 9.17) is 19.7 Å². The van der Waals surface area contributed by atoms with Crippen LogP contribution in [0.3, 0.4) is 0 Å². The molecule has 0 N–H and O–H groups in total. The smallest absolute Gasteiger partial charge is 0.237 e. The molecule has 44 heavy (non-hydrogen) atoms. The maximum atomic E-state index is 14.1. The summed E-state index contributed by atoms with van der Waals surface area (Å²) in [6.07, 6.45) is -6.45. The second-order valence-electron chi connectivity index (χ2n) is 8.19. The molecule has 3 aromatic rings. The van der Waals surface area contributed by atoms with Crippen molar-refractivity contribution >= 4 is 33.6 Å². The molecule has 2 heterocycles. The first-order chi connectivity index (χ1) is 21.2. The van der Waals surface area contributed by atoms with Crippen LogP contribution in [0.15, 0.2) is 17.5 Å². The summed E-state index contributed by atoms with van der Waals surface area (Å²) < 4.78 is 56.3. The fraction of sp³-hybridized carbons (Fsp3) is 0. The van der Waals surface area contributed by atoms with Gasteiger partial charge in [-0.05, 0) is 22.8 Å².